The Morgan fingerprint density at radius 3 is 2.88 bits per heavy atom. The van der Waals surface area contributed by atoms with Crippen LogP contribution >= 0.6 is 22.6 Å². The maximum atomic E-state index is 5.66. The van der Waals surface area contributed by atoms with Gasteiger partial charge in [0.15, 0.2) is 5.82 Å². The van der Waals surface area contributed by atoms with Crippen LogP contribution in [0.2, 0.25) is 0 Å². The van der Waals surface area contributed by atoms with Gasteiger partial charge in [0.25, 0.3) is 0 Å². The summed E-state index contributed by atoms with van der Waals surface area (Å²) in [6.45, 7) is 3.00. The van der Waals surface area contributed by atoms with Crippen LogP contribution in [0.25, 0.3) is 0 Å². The Labute approximate surface area is 116 Å². The molecule has 2 rings (SSSR count). The maximum Gasteiger partial charge on any atom is 0.159 e. The molecule has 1 aliphatic heterocycles. The third-order valence-corrected chi connectivity index (χ3v) is 4.01. The van der Waals surface area contributed by atoms with Crippen molar-refractivity contribution in [3.8, 4) is 0 Å². The Kier molecular flexibility index (Phi) is 4.55. The summed E-state index contributed by atoms with van der Waals surface area (Å²) in [5.74, 6) is 1.77. The van der Waals surface area contributed by atoms with Gasteiger partial charge in [-0.25, -0.2) is 9.97 Å². The summed E-state index contributed by atoms with van der Waals surface area (Å²) in [7, 11) is 1.90. The highest BCUT2D eigenvalue weighted by molar-refractivity contribution is 14.1. The molecule has 17 heavy (non-hydrogen) atoms. The summed E-state index contributed by atoms with van der Waals surface area (Å²) in [6, 6.07) is 0. The maximum absolute atomic E-state index is 5.66. The van der Waals surface area contributed by atoms with Gasteiger partial charge in [0.1, 0.15) is 11.9 Å². The fourth-order valence-electron chi connectivity index (χ4n) is 2.01. The van der Waals surface area contributed by atoms with E-state index in [0.717, 1.165) is 53.2 Å². The molecule has 94 valence electrons. The second-order valence-corrected chi connectivity index (χ2v) is 5.27. The first kappa shape index (κ1) is 13.0. The number of nitrogens with one attached hydrogen (secondary N) is 1. The van der Waals surface area contributed by atoms with Gasteiger partial charge in [-0.3, -0.25) is 0 Å². The first-order chi connectivity index (χ1) is 8.26. The minimum absolute atomic E-state index is 0.0923. The normalized spacial score (nSPS) is 19.6. The van der Waals surface area contributed by atoms with Crippen molar-refractivity contribution in [3.63, 3.8) is 0 Å². The zero-order valence-electron chi connectivity index (χ0n) is 10.3. The minimum atomic E-state index is 0.0923. The second kappa shape index (κ2) is 5.95. The monoisotopic (exact) mass is 347 g/mol. The highest BCUT2D eigenvalue weighted by atomic mass is 127. The number of hydrogen-bond acceptors (Lipinski definition) is 4. The Hall–Kier alpha value is -0.430. The van der Waals surface area contributed by atoms with Crippen molar-refractivity contribution < 1.29 is 4.74 Å². The van der Waals surface area contributed by atoms with E-state index in [1.807, 2.05) is 7.05 Å². The van der Waals surface area contributed by atoms with Crippen molar-refractivity contribution in [2.24, 2.45) is 0 Å². The van der Waals surface area contributed by atoms with Gasteiger partial charge in [-0.15, -0.1) is 0 Å². The topological polar surface area (TPSA) is 47.0 Å². The lowest BCUT2D eigenvalue weighted by Gasteiger charge is -2.14. The molecule has 1 fully saturated rings. The quantitative estimate of drug-likeness (QED) is 0.851. The summed E-state index contributed by atoms with van der Waals surface area (Å²) in [6.07, 6.45) is 4.33. The van der Waals surface area contributed by atoms with E-state index >= 15 is 0 Å². The van der Waals surface area contributed by atoms with E-state index < -0.39 is 0 Å². The number of ether oxygens (including phenoxy) is 1. The third-order valence-electron chi connectivity index (χ3n) is 2.88. The molecule has 0 aromatic carbocycles. The Morgan fingerprint density at radius 1 is 1.47 bits per heavy atom. The number of rotatable bonds is 4. The predicted molar refractivity (Wildman–Crippen MR) is 76.2 cm³/mol. The molecule has 0 aliphatic carbocycles. The van der Waals surface area contributed by atoms with Crippen LogP contribution in [0.1, 0.15) is 43.8 Å². The van der Waals surface area contributed by atoms with E-state index in [1.165, 1.54) is 0 Å². The van der Waals surface area contributed by atoms with Crippen LogP contribution in [0.3, 0.4) is 0 Å². The largest absolute Gasteiger partial charge is 0.372 e. The molecule has 1 atom stereocenters. The van der Waals surface area contributed by atoms with Crippen LogP contribution in [-0.2, 0) is 11.2 Å². The standard InChI is InChI=1S/C12H18IN3O/c1-3-5-8-10(13)12(14-2)16-11(15-8)9-6-4-7-17-9/h9H,3-7H2,1-2H3,(H,14,15,16). The lowest BCUT2D eigenvalue weighted by atomic mass is 10.2. The third kappa shape index (κ3) is 2.88. The van der Waals surface area contributed by atoms with Crippen LogP contribution < -0.4 is 5.32 Å². The van der Waals surface area contributed by atoms with Gasteiger partial charge < -0.3 is 10.1 Å². The van der Waals surface area contributed by atoms with E-state index in [1.54, 1.807) is 0 Å². The SMILES string of the molecule is CCCc1nc(C2CCCO2)nc(NC)c1I. The van der Waals surface area contributed by atoms with Crippen molar-refractivity contribution in [1.29, 1.82) is 0 Å². The average Bonchev–Trinajstić information content (AvgIpc) is 2.85. The first-order valence-electron chi connectivity index (χ1n) is 6.12. The average molecular weight is 347 g/mol. The van der Waals surface area contributed by atoms with Crippen LogP contribution in [-0.4, -0.2) is 23.6 Å². The van der Waals surface area contributed by atoms with Crippen LogP contribution in [0.15, 0.2) is 0 Å². The summed E-state index contributed by atoms with van der Waals surface area (Å²) < 4.78 is 6.79. The first-order valence-corrected chi connectivity index (χ1v) is 7.19. The molecular formula is C12H18IN3O. The molecule has 1 saturated heterocycles. The fraction of sp³-hybridized carbons (Fsp3) is 0.667. The Bertz CT molecular complexity index is 392. The molecule has 5 heteroatoms. The lowest BCUT2D eigenvalue weighted by molar-refractivity contribution is 0.105. The highest BCUT2D eigenvalue weighted by Gasteiger charge is 2.22. The number of aromatic nitrogens is 2. The van der Waals surface area contributed by atoms with Gasteiger partial charge in [0, 0.05) is 13.7 Å². The van der Waals surface area contributed by atoms with Gasteiger partial charge in [-0.05, 0) is 41.9 Å². The van der Waals surface area contributed by atoms with Crippen molar-refractivity contribution in [1.82, 2.24) is 9.97 Å². The van der Waals surface area contributed by atoms with E-state index in [9.17, 15) is 0 Å². The number of nitrogens with zero attached hydrogens (tertiary/aromatic N) is 2. The molecule has 0 spiro atoms. The molecule has 4 nitrogen and oxygen atoms in total. The molecule has 1 aliphatic rings. The molecular weight excluding hydrogens is 329 g/mol. The van der Waals surface area contributed by atoms with Crippen molar-refractivity contribution >= 4 is 28.4 Å². The van der Waals surface area contributed by atoms with Crippen molar-refractivity contribution in [2.75, 3.05) is 19.0 Å². The molecule has 1 aromatic heterocycles. The zero-order valence-corrected chi connectivity index (χ0v) is 12.5. The second-order valence-electron chi connectivity index (χ2n) is 4.19. The fourth-order valence-corrected chi connectivity index (χ4v) is 2.79. The predicted octanol–water partition coefficient (Wildman–Crippen LogP) is 2.93. The molecule has 0 amide bonds. The minimum Gasteiger partial charge on any atom is -0.372 e. The molecule has 0 saturated carbocycles. The Morgan fingerprint density at radius 2 is 2.29 bits per heavy atom. The van der Waals surface area contributed by atoms with Gasteiger partial charge in [0.2, 0.25) is 0 Å². The van der Waals surface area contributed by atoms with Gasteiger partial charge in [-0.1, -0.05) is 13.3 Å². The zero-order chi connectivity index (χ0) is 12.3. The summed E-state index contributed by atoms with van der Waals surface area (Å²) in [4.78, 5) is 9.23. The number of anilines is 1. The molecule has 1 unspecified atom stereocenters. The van der Waals surface area contributed by atoms with Crippen LogP contribution in [0.5, 0.6) is 0 Å². The van der Waals surface area contributed by atoms with Gasteiger partial charge in [0.05, 0.1) is 9.26 Å². The summed E-state index contributed by atoms with van der Waals surface area (Å²) in [5.41, 5.74) is 1.14. The van der Waals surface area contributed by atoms with E-state index in [-0.39, 0.29) is 6.10 Å². The van der Waals surface area contributed by atoms with Crippen molar-refractivity contribution in [2.45, 2.75) is 38.7 Å². The van der Waals surface area contributed by atoms with Crippen molar-refractivity contribution in [3.05, 3.63) is 15.1 Å². The molecule has 1 N–H and O–H groups in total. The highest BCUT2D eigenvalue weighted by Crippen LogP contribution is 2.29. The molecule has 2 heterocycles. The molecule has 0 radical (unpaired) electrons. The van der Waals surface area contributed by atoms with Gasteiger partial charge >= 0.3 is 0 Å². The smallest absolute Gasteiger partial charge is 0.159 e. The number of aryl methyl sites for hydroxylation is 1. The number of hydrogen-bond donors (Lipinski definition) is 1. The summed E-state index contributed by atoms with van der Waals surface area (Å²) >= 11 is 2.32. The number of halogens is 1. The van der Waals surface area contributed by atoms with Crippen LogP contribution in [0, 0.1) is 3.57 Å². The van der Waals surface area contributed by atoms with E-state index in [2.05, 4.69) is 44.8 Å². The molecule has 0 bridgehead atoms. The Balaban J connectivity index is 2.35. The lowest BCUT2D eigenvalue weighted by Crippen LogP contribution is -2.10. The van der Waals surface area contributed by atoms with E-state index in [4.69, 9.17) is 4.74 Å². The van der Waals surface area contributed by atoms with Crippen LogP contribution in [0.4, 0.5) is 5.82 Å². The van der Waals surface area contributed by atoms with E-state index in [0.29, 0.717) is 0 Å². The van der Waals surface area contributed by atoms with Gasteiger partial charge in [-0.2, -0.15) is 0 Å². The molecule has 1 aromatic rings. The summed E-state index contributed by atoms with van der Waals surface area (Å²) in [5, 5.41) is 3.14.